The molecule has 5 aliphatic rings. The van der Waals surface area contributed by atoms with Crippen molar-refractivity contribution in [2.45, 2.75) is 78.1 Å². The van der Waals surface area contributed by atoms with Gasteiger partial charge >= 0.3 is 0 Å². The lowest BCUT2D eigenvalue weighted by molar-refractivity contribution is -0.164. The number of carbonyl (C=O) groups is 4. The second-order valence-electron chi connectivity index (χ2n) is 17.8. The van der Waals surface area contributed by atoms with Gasteiger partial charge in [0, 0.05) is 93.5 Å². The van der Waals surface area contributed by atoms with E-state index in [1.54, 1.807) is 30.5 Å². The van der Waals surface area contributed by atoms with E-state index in [1.165, 1.54) is 11.0 Å². The molecule has 3 aromatic rings. The van der Waals surface area contributed by atoms with Crippen LogP contribution < -0.4 is 25.2 Å². The Bertz CT molecular complexity index is 2190. The number of pyridine rings is 1. The molecule has 0 radical (unpaired) electrons. The van der Waals surface area contributed by atoms with E-state index in [9.17, 15) is 24.4 Å². The molecule has 2 aromatic carbocycles. The number of fused-ring (bicyclic) bond motifs is 1. The van der Waals surface area contributed by atoms with Gasteiger partial charge in [0.2, 0.25) is 11.8 Å². The summed E-state index contributed by atoms with van der Waals surface area (Å²) in [5.74, 6) is 0.146. The molecule has 0 bridgehead atoms. The highest BCUT2D eigenvalue weighted by Gasteiger charge is 2.64. The van der Waals surface area contributed by atoms with Crippen LogP contribution in [0, 0.1) is 33.9 Å². The van der Waals surface area contributed by atoms with Gasteiger partial charge in [-0.15, -0.1) is 0 Å². The Kier molecular flexibility index (Phi) is 10.8. The Morgan fingerprint density at radius 3 is 2.36 bits per heavy atom. The lowest BCUT2D eigenvalue weighted by Crippen LogP contribution is -2.74. The molecule has 1 aromatic heterocycles. The molecule has 3 saturated heterocycles. The Labute approximate surface area is 348 Å². The van der Waals surface area contributed by atoms with Crippen LogP contribution in [-0.2, 0) is 16.1 Å². The second kappa shape index (κ2) is 15.7. The third kappa shape index (κ3) is 7.71. The molecule has 1 saturated carbocycles. The summed E-state index contributed by atoms with van der Waals surface area (Å²) in [6.07, 6.45) is 3.93. The molecule has 1 aliphatic carbocycles. The molecule has 5 heterocycles. The largest absolute Gasteiger partial charge is 0.489 e. The van der Waals surface area contributed by atoms with Crippen molar-refractivity contribution >= 4 is 46.7 Å². The average molecular weight is 825 g/mol. The number of hydrogen-bond acceptors (Lipinski definition) is 10. The maximum atomic E-state index is 15.4. The molecule has 8 rings (SSSR count). The number of nitrogens with one attached hydrogen (secondary N) is 2. The number of nitrogens with zero attached hydrogens (tertiary/aromatic N) is 6. The number of hydrogen-bond donors (Lipinski definition) is 2. The van der Waals surface area contributed by atoms with Crippen molar-refractivity contribution < 1.29 is 28.3 Å². The molecule has 0 spiro atoms. The summed E-state index contributed by atoms with van der Waals surface area (Å²) in [5.41, 5.74) is 1.60. The monoisotopic (exact) mass is 824 g/mol. The minimum Gasteiger partial charge on any atom is -0.489 e. The molecular formula is C44H50ClFN8O5. The molecule has 1 atom stereocenters. The van der Waals surface area contributed by atoms with Gasteiger partial charge in [-0.25, -0.2) is 9.37 Å². The summed E-state index contributed by atoms with van der Waals surface area (Å²) in [7, 11) is 0. The van der Waals surface area contributed by atoms with Crippen molar-refractivity contribution in [1.29, 1.82) is 5.26 Å². The summed E-state index contributed by atoms with van der Waals surface area (Å²) in [6.45, 7) is 14.2. The molecule has 4 aliphatic heterocycles. The first-order chi connectivity index (χ1) is 28.1. The van der Waals surface area contributed by atoms with E-state index in [0.29, 0.717) is 52.2 Å². The lowest BCUT2D eigenvalue weighted by Gasteiger charge is -2.63. The van der Waals surface area contributed by atoms with Crippen LogP contribution in [0.15, 0.2) is 48.7 Å². The zero-order chi connectivity index (χ0) is 41.8. The number of piperidine rings is 2. The van der Waals surface area contributed by atoms with Crippen LogP contribution in [0.3, 0.4) is 0 Å². The molecule has 4 amide bonds. The third-order valence-corrected chi connectivity index (χ3v) is 13.5. The second-order valence-corrected chi connectivity index (χ2v) is 18.2. The van der Waals surface area contributed by atoms with Gasteiger partial charge in [-0.05, 0) is 67.1 Å². The van der Waals surface area contributed by atoms with Crippen LogP contribution in [0.1, 0.15) is 85.2 Å². The van der Waals surface area contributed by atoms with E-state index in [-0.39, 0.29) is 65.6 Å². The number of ether oxygens (including phenoxy) is 1. The predicted octanol–water partition coefficient (Wildman–Crippen LogP) is 5.16. The maximum Gasteiger partial charge on any atom is 0.255 e. The van der Waals surface area contributed by atoms with E-state index in [1.807, 2.05) is 17.0 Å². The number of aromatic nitrogens is 1. The quantitative estimate of drug-likeness (QED) is 0.277. The summed E-state index contributed by atoms with van der Waals surface area (Å²) >= 11 is 6.25. The highest BCUT2D eigenvalue weighted by atomic mass is 35.5. The van der Waals surface area contributed by atoms with Crippen LogP contribution in [0.5, 0.6) is 5.75 Å². The van der Waals surface area contributed by atoms with Gasteiger partial charge in [0.05, 0.1) is 21.8 Å². The van der Waals surface area contributed by atoms with Crippen LogP contribution in [0.25, 0.3) is 0 Å². The molecule has 4 fully saturated rings. The fraction of sp³-hybridized carbons (Fsp3) is 0.500. The van der Waals surface area contributed by atoms with Gasteiger partial charge in [0.15, 0.2) is 0 Å². The maximum absolute atomic E-state index is 15.4. The van der Waals surface area contributed by atoms with Gasteiger partial charge in [0.25, 0.3) is 11.8 Å². The van der Waals surface area contributed by atoms with Gasteiger partial charge in [0.1, 0.15) is 35.6 Å². The molecule has 13 nitrogen and oxygen atoms in total. The first-order valence-corrected chi connectivity index (χ1v) is 20.8. The molecule has 1 unspecified atom stereocenters. The van der Waals surface area contributed by atoms with Crippen molar-refractivity contribution in [3.05, 3.63) is 81.8 Å². The van der Waals surface area contributed by atoms with Gasteiger partial charge in [-0.1, -0.05) is 39.3 Å². The third-order valence-electron chi connectivity index (χ3n) is 13.2. The van der Waals surface area contributed by atoms with Crippen LogP contribution in [0.2, 0.25) is 5.02 Å². The average Bonchev–Trinajstić information content (AvgIpc) is 3.53. The summed E-state index contributed by atoms with van der Waals surface area (Å²) in [5, 5.41) is 15.1. The highest BCUT2D eigenvalue weighted by Crippen LogP contribution is 2.55. The summed E-state index contributed by atoms with van der Waals surface area (Å²) in [6, 6.07) is 13.1. The van der Waals surface area contributed by atoms with Crippen LogP contribution >= 0.6 is 11.6 Å². The lowest BCUT2D eigenvalue weighted by atomic mass is 9.49. The summed E-state index contributed by atoms with van der Waals surface area (Å²) < 4.78 is 21.8. The first-order valence-electron chi connectivity index (χ1n) is 20.5. The minimum atomic E-state index is -0.732. The van der Waals surface area contributed by atoms with Crippen molar-refractivity contribution in [3.8, 4) is 11.8 Å². The van der Waals surface area contributed by atoms with Crippen molar-refractivity contribution in [2.75, 3.05) is 55.6 Å². The standard InChI is InChI=1S/C44H50ClFN8O5/c1-43(2)41(44(3,4)42(43)59-30-7-5-27(22-47)32(45)20-30)50-38(56)28-6-9-36(48-23-28)53-13-11-26(12-14-53)24-51-15-17-52(18-16-51)35-19-29-25-54(40(58)31(29)21-33(35)46)34-8-10-37(55)49-39(34)57/h5-7,9,19-21,23,26,34,41-42H,8,10-18,24-25H2,1-4H3,(H,50,56)(H,49,55,57). The number of benzene rings is 2. The topological polar surface area (TPSA) is 151 Å². The number of piperazine rings is 1. The number of carbonyl (C=O) groups excluding carboxylic acids is 4. The van der Waals surface area contributed by atoms with E-state index >= 15 is 4.39 Å². The van der Waals surface area contributed by atoms with E-state index in [0.717, 1.165) is 51.4 Å². The fourth-order valence-corrected chi connectivity index (χ4v) is 10.4. The van der Waals surface area contributed by atoms with E-state index < -0.39 is 17.8 Å². The Balaban J connectivity index is 0.791. The van der Waals surface area contributed by atoms with E-state index in [2.05, 4.69) is 54.2 Å². The van der Waals surface area contributed by atoms with Gasteiger partial charge < -0.3 is 24.8 Å². The molecular weight excluding hydrogens is 775 g/mol. The zero-order valence-corrected chi connectivity index (χ0v) is 34.6. The van der Waals surface area contributed by atoms with Crippen LogP contribution in [0.4, 0.5) is 15.9 Å². The first kappa shape index (κ1) is 40.5. The number of anilines is 2. The summed E-state index contributed by atoms with van der Waals surface area (Å²) in [4.78, 5) is 63.6. The number of halogens is 2. The normalized spacial score (nSPS) is 24.3. The molecule has 15 heteroatoms. The van der Waals surface area contributed by atoms with Crippen molar-refractivity contribution in [3.63, 3.8) is 0 Å². The Morgan fingerprint density at radius 2 is 1.71 bits per heavy atom. The van der Waals surface area contributed by atoms with E-state index in [4.69, 9.17) is 21.3 Å². The molecule has 310 valence electrons. The molecule has 2 N–H and O–H groups in total. The van der Waals surface area contributed by atoms with Crippen molar-refractivity contribution in [2.24, 2.45) is 16.7 Å². The van der Waals surface area contributed by atoms with Gasteiger partial charge in [-0.2, -0.15) is 5.26 Å². The van der Waals surface area contributed by atoms with Gasteiger partial charge in [-0.3, -0.25) is 29.4 Å². The Morgan fingerprint density at radius 1 is 0.983 bits per heavy atom. The SMILES string of the molecule is CC1(C)C(NC(=O)c2ccc(N3CCC(CN4CCN(c5cc6c(cc5F)C(=O)N(C5CCC(=O)NC5=O)C6)CC4)CC3)nc2)C(C)(C)C1Oc1ccc(C#N)c(Cl)c1. The Hall–Kier alpha value is -5.26. The predicted molar refractivity (Wildman–Crippen MR) is 220 cm³/mol. The van der Waals surface area contributed by atoms with Crippen molar-refractivity contribution in [1.82, 2.24) is 25.4 Å². The number of amides is 4. The number of nitriles is 1. The number of imide groups is 1. The molecule has 59 heavy (non-hydrogen) atoms. The van der Waals surface area contributed by atoms with Crippen LogP contribution in [-0.4, -0.2) is 102 Å². The minimum absolute atomic E-state index is 0.157. The number of rotatable bonds is 9. The zero-order valence-electron chi connectivity index (χ0n) is 33.9. The highest BCUT2D eigenvalue weighted by molar-refractivity contribution is 6.31. The fourth-order valence-electron chi connectivity index (χ4n) is 10.2. The smallest absolute Gasteiger partial charge is 0.255 e.